The number of H-pyrrole nitrogens is 1. The van der Waals surface area contributed by atoms with E-state index in [1.807, 2.05) is 13.8 Å². The topological polar surface area (TPSA) is 274 Å². The van der Waals surface area contributed by atoms with Crippen LogP contribution in [0.25, 0.3) is 10.9 Å². The third kappa shape index (κ3) is 13.0. The summed E-state index contributed by atoms with van der Waals surface area (Å²) < 4.78 is 0. The lowest BCUT2D eigenvalue weighted by Crippen LogP contribution is -2.63. The second-order valence-electron chi connectivity index (χ2n) is 14.3. The lowest BCUT2D eigenvalue weighted by Gasteiger charge is -2.30. The number of nitrogens with two attached hydrogens (primary N) is 1. The van der Waals surface area contributed by atoms with Crippen molar-refractivity contribution in [1.29, 1.82) is 0 Å². The number of carboxylic acids is 1. The summed E-state index contributed by atoms with van der Waals surface area (Å²) in [6.07, 6.45) is 0.290. The number of hydrogen-bond acceptors (Lipinski definition) is 9. The zero-order valence-electron chi connectivity index (χ0n) is 31.0. The molecule has 54 heavy (non-hydrogen) atoms. The van der Waals surface area contributed by atoms with E-state index in [0.29, 0.717) is 33.8 Å². The van der Waals surface area contributed by atoms with Crippen LogP contribution in [0.5, 0.6) is 0 Å². The van der Waals surface area contributed by atoms with Crippen molar-refractivity contribution in [2.75, 3.05) is 13.1 Å². The Morgan fingerprint density at radius 2 is 1.44 bits per heavy atom. The zero-order chi connectivity index (χ0) is 40.1. The zero-order valence-corrected chi connectivity index (χ0v) is 31.8. The molecule has 3 rings (SSSR count). The standard InChI is InChI=1S/C36H53ClN8O9/c1-18(2)7-5-8-24-33(51)44-30(19(3)4)35(53)42-25(9-6-12-38)34(52)45-31(27(46)15-29(48)49)36(54)43-26(32(50)40-17-28(47)41-24)13-20-16-39-23-11-10-21(37)14-22(20)23/h10-11,14,16,18-19,24-27,30-31,39,46H,5-9,12-13,15,17,38H2,1-4H3,(H,40,50)(H,41,47)(H,42,53)(H,43,54)(H,44,51)(H,45,52)(H,48,49). The van der Waals surface area contributed by atoms with Gasteiger partial charge in [-0.25, -0.2) is 0 Å². The molecule has 1 aliphatic heterocycles. The number of carbonyl (C=O) groups excluding carboxylic acids is 6. The molecule has 0 aliphatic carbocycles. The first-order valence-electron chi connectivity index (χ1n) is 18.1. The molecule has 18 heteroatoms. The second-order valence-corrected chi connectivity index (χ2v) is 14.7. The quantitative estimate of drug-likeness (QED) is 0.130. The first kappa shape index (κ1) is 43.7. The van der Waals surface area contributed by atoms with Gasteiger partial charge in [-0.15, -0.1) is 0 Å². The number of carbonyl (C=O) groups is 7. The summed E-state index contributed by atoms with van der Waals surface area (Å²) in [5, 5.41) is 36.7. The number of aliphatic hydroxyl groups excluding tert-OH is 1. The van der Waals surface area contributed by atoms with Crippen molar-refractivity contribution in [3.05, 3.63) is 35.0 Å². The number of rotatable bonds is 13. The Labute approximate surface area is 318 Å². The maximum absolute atomic E-state index is 13.9. The van der Waals surface area contributed by atoms with Crippen molar-refractivity contribution in [1.82, 2.24) is 36.9 Å². The number of halogens is 1. The van der Waals surface area contributed by atoms with Gasteiger partial charge in [-0.05, 0) is 61.4 Å². The summed E-state index contributed by atoms with van der Waals surface area (Å²) in [5.41, 5.74) is 6.91. The molecule has 6 amide bonds. The average molecular weight is 777 g/mol. The predicted molar refractivity (Wildman–Crippen MR) is 200 cm³/mol. The Kier molecular flexibility index (Phi) is 16.7. The minimum atomic E-state index is -1.97. The van der Waals surface area contributed by atoms with Crippen LogP contribution in [0.4, 0.5) is 0 Å². The summed E-state index contributed by atoms with van der Waals surface area (Å²) in [6.45, 7) is 6.92. The predicted octanol–water partition coefficient (Wildman–Crippen LogP) is -0.0256. The molecule has 0 radical (unpaired) electrons. The van der Waals surface area contributed by atoms with E-state index in [9.17, 15) is 43.8 Å². The number of benzene rings is 1. The molecule has 6 unspecified atom stereocenters. The Hall–Kier alpha value is -4.74. The number of aromatic nitrogens is 1. The fraction of sp³-hybridized carbons (Fsp3) is 0.583. The molecule has 1 aliphatic rings. The van der Waals surface area contributed by atoms with E-state index in [1.54, 1.807) is 38.2 Å². The normalized spacial score (nSPS) is 23.1. The molecule has 2 aromatic rings. The smallest absolute Gasteiger partial charge is 0.306 e. The third-order valence-electron chi connectivity index (χ3n) is 9.06. The van der Waals surface area contributed by atoms with Gasteiger partial charge in [0, 0.05) is 28.5 Å². The van der Waals surface area contributed by atoms with Gasteiger partial charge in [0.1, 0.15) is 30.2 Å². The number of amides is 6. The highest BCUT2D eigenvalue weighted by molar-refractivity contribution is 6.31. The van der Waals surface area contributed by atoms with Crippen molar-refractivity contribution in [2.45, 2.75) is 109 Å². The van der Waals surface area contributed by atoms with Gasteiger partial charge in [-0.1, -0.05) is 52.1 Å². The number of carboxylic acid groups (broad SMARTS) is 1. The molecule has 298 valence electrons. The molecular formula is C36H53ClN8O9. The second kappa shape index (κ2) is 20.6. The van der Waals surface area contributed by atoms with Crippen molar-refractivity contribution in [3.8, 4) is 0 Å². The number of aromatic amines is 1. The van der Waals surface area contributed by atoms with Gasteiger partial charge in [-0.3, -0.25) is 33.6 Å². The molecule has 1 saturated heterocycles. The number of hydrogen-bond donors (Lipinski definition) is 10. The molecule has 1 aromatic heterocycles. The van der Waals surface area contributed by atoms with E-state index in [4.69, 9.17) is 17.3 Å². The maximum Gasteiger partial charge on any atom is 0.306 e. The summed E-state index contributed by atoms with van der Waals surface area (Å²) in [6, 6.07) is -1.86. The molecule has 2 heterocycles. The van der Waals surface area contributed by atoms with Crippen LogP contribution in [0.3, 0.4) is 0 Å². The highest BCUT2D eigenvalue weighted by atomic mass is 35.5. The third-order valence-corrected chi connectivity index (χ3v) is 9.30. The molecule has 0 saturated carbocycles. The fourth-order valence-electron chi connectivity index (χ4n) is 6.07. The molecule has 6 atom stereocenters. The van der Waals surface area contributed by atoms with E-state index < -0.39 is 96.6 Å². The molecule has 11 N–H and O–H groups in total. The van der Waals surface area contributed by atoms with Gasteiger partial charge in [-0.2, -0.15) is 0 Å². The monoisotopic (exact) mass is 776 g/mol. The molecule has 0 bridgehead atoms. The Morgan fingerprint density at radius 1 is 0.833 bits per heavy atom. The highest BCUT2D eigenvalue weighted by Gasteiger charge is 2.37. The number of aliphatic carboxylic acids is 1. The summed E-state index contributed by atoms with van der Waals surface area (Å²) >= 11 is 6.22. The van der Waals surface area contributed by atoms with E-state index in [0.717, 1.165) is 6.42 Å². The van der Waals surface area contributed by atoms with Crippen LogP contribution in [0.1, 0.15) is 71.8 Å². The summed E-state index contributed by atoms with van der Waals surface area (Å²) in [5.74, 6) is -6.62. The van der Waals surface area contributed by atoms with Crippen molar-refractivity contribution < 1.29 is 43.8 Å². The van der Waals surface area contributed by atoms with Crippen LogP contribution in [0.15, 0.2) is 24.4 Å². The van der Waals surface area contributed by atoms with Gasteiger partial charge >= 0.3 is 5.97 Å². The van der Waals surface area contributed by atoms with Crippen molar-refractivity contribution >= 4 is 63.9 Å². The van der Waals surface area contributed by atoms with E-state index >= 15 is 0 Å². The van der Waals surface area contributed by atoms with Gasteiger partial charge in [0.15, 0.2) is 0 Å². The summed E-state index contributed by atoms with van der Waals surface area (Å²) in [7, 11) is 0. The maximum atomic E-state index is 13.9. The summed E-state index contributed by atoms with van der Waals surface area (Å²) in [4.78, 5) is 96.6. The average Bonchev–Trinajstić information content (AvgIpc) is 3.49. The van der Waals surface area contributed by atoms with Crippen LogP contribution in [0.2, 0.25) is 5.02 Å². The van der Waals surface area contributed by atoms with E-state index in [1.165, 1.54) is 0 Å². The largest absolute Gasteiger partial charge is 0.481 e. The number of aliphatic hydroxyl groups is 1. The van der Waals surface area contributed by atoms with Crippen LogP contribution in [0, 0.1) is 11.8 Å². The minimum Gasteiger partial charge on any atom is -0.481 e. The lowest BCUT2D eigenvalue weighted by atomic mass is 9.99. The first-order valence-corrected chi connectivity index (χ1v) is 18.5. The Bertz CT molecular complexity index is 1670. The molecule has 17 nitrogen and oxygen atoms in total. The van der Waals surface area contributed by atoms with Gasteiger partial charge in [0.2, 0.25) is 35.4 Å². The number of nitrogens with one attached hydrogen (secondary N) is 7. The SMILES string of the molecule is CC(C)CCCC1NC(=O)CNC(=O)C(Cc2c[nH]c3ccc(Cl)cc23)NC(=O)C(C(O)CC(=O)O)NC(=O)C(CCCN)NC(=O)C(C(C)C)NC1=O. The molecule has 0 spiro atoms. The first-order chi connectivity index (χ1) is 25.5. The Morgan fingerprint density at radius 3 is 2.07 bits per heavy atom. The molecule has 1 fully saturated rings. The van der Waals surface area contributed by atoms with Crippen molar-refractivity contribution in [2.24, 2.45) is 17.6 Å². The van der Waals surface area contributed by atoms with E-state index in [-0.39, 0.29) is 32.2 Å². The molecule has 1 aromatic carbocycles. The number of fused-ring (bicyclic) bond motifs is 1. The lowest BCUT2D eigenvalue weighted by molar-refractivity contribution is -0.142. The van der Waals surface area contributed by atoms with Gasteiger partial charge in [0.25, 0.3) is 0 Å². The van der Waals surface area contributed by atoms with Crippen LogP contribution >= 0.6 is 11.6 Å². The van der Waals surface area contributed by atoms with Gasteiger partial charge in [0.05, 0.1) is 19.1 Å². The van der Waals surface area contributed by atoms with E-state index in [2.05, 4.69) is 36.9 Å². The van der Waals surface area contributed by atoms with Gasteiger partial charge < -0.3 is 52.8 Å². The Balaban J connectivity index is 2.07. The van der Waals surface area contributed by atoms with Crippen LogP contribution < -0.4 is 37.6 Å². The minimum absolute atomic E-state index is 0.0156. The highest BCUT2D eigenvalue weighted by Crippen LogP contribution is 2.24. The molecular weight excluding hydrogens is 724 g/mol. The van der Waals surface area contributed by atoms with Crippen LogP contribution in [-0.2, 0) is 40.0 Å². The fourth-order valence-corrected chi connectivity index (χ4v) is 6.25. The van der Waals surface area contributed by atoms with Crippen molar-refractivity contribution in [3.63, 3.8) is 0 Å². The van der Waals surface area contributed by atoms with Crippen LogP contribution in [-0.4, -0.2) is 106 Å².